The molecule has 0 radical (unpaired) electrons. The van der Waals surface area contributed by atoms with Crippen molar-refractivity contribution in [1.29, 1.82) is 0 Å². The number of aliphatic hydroxyl groups excluding tert-OH is 2. The smallest absolute Gasteiger partial charge is 0.167 e. The van der Waals surface area contributed by atoms with E-state index in [2.05, 4.69) is 77.7 Å². The number of nitrogens with zero attached hydrogens (tertiary/aromatic N) is 6. The zero-order chi connectivity index (χ0) is 29.1. The number of aromatic nitrogens is 6. The van der Waals surface area contributed by atoms with Crippen molar-refractivity contribution in [1.82, 2.24) is 34.4 Å². The molecule has 1 aliphatic carbocycles. The van der Waals surface area contributed by atoms with Crippen LogP contribution < -0.4 is 5.73 Å². The van der Waals surface area contributed by atoms with Crippen molar-refractivity contribution in [2.45, 2.75) is 102 Å². The molecule has 2 fully saturated rings. The lowest BCUT2D eigenvalue weighted by atomic mass is 9.76. The Balaban J connectivity index is 1.06. The normalized spacial score (nSPS) is 27.0. The number of hydrogen-bond donors (Lipinski definition) is 4. The highest BCUT2D eigenvalue weighted by Crippen LogP contribution is 2.38. The molecule has 11 heteroatoms. The minimum atomic E-state index is -1.11. The second kappa shape index (κ2) is 10.6. The summed E-state index contributed by atoms with van der Waals surface area (Å²) in [5.74, 6) is 1.95. The van der Waals surface area contributed by atoms with Gasteiger partial charge in [0.1, 0.15) is 36.0 Å². The number of aliphatic hydroxyl groups is 2. The molecule has 1 saturated heterocycles. The van der Waals surface area contributed by atoms with E-state index in [1.54, 1.807) is 4.57 Å². The van der Waals surface area contributed by atoms with Crippen LogP contribution in [0.1, 0.15) is 71.5 Å². The van der Waals surface area contributed by atoms with Gasteiger partial charge in [-0.1, -0.05) is 26.8 Å². The zero-order valence-corrected chi connectivity index (χ0v) is 24.5. The van der Waals surface area contributed by atoms with Crippen molar-refractivity contribution in [3.63, 3.8) is 0 Å². The number of imidazole rings is 2. The molecule has 4 atom stereocenters. The van der Waals surface area contributed by atoms with Gasteiger partial charge in [0.2, 0.25) is 0 Å². The number of H-pyrrole nitrogens is 1. The van der Waals surface area contributed by atoms with Gasteiger partial charge < -0.3 is 25.7 Å². The van der Waals surface area contributed by atoms with Crippen molar-refractivity contribution in [3.05, 3.63) is 42.2 Å². The SMILES string of the molecule is CC(C)N(C[C@H]1O[C@@H](n2cnc3c(N)ncnc32)[C@@H](O)[C@@H]1O)C1CC(CCc2nc3ccc(C(C)(C)C)cc3[nH]2)C1. The molecule has 1 aromatic carbocycles. The van der Waals surface area contributed by atoms with Crippen molar-refractivity contribution >= 4 is 28.0 Å². The van der Waals surface area contributed by atoms with Crippen LogP contribution in [-0.4, -0.2) is 81.5 Å². The summed E-state index contributed by atoms with van der Waals surface area (Å²) in [5.41, 5.74) is 10.4. The Morgan fingerprint density at radius 1 is 1.15 bits per heavy atom. The van der Waals surface area contributed by atoms with E-state index in [1.165, 1.54) is 18.2 Å². The summed E-state index contributed by atoms with van der Waals surface area (Å²) in [7, 11) is 0. The number of fused-ring (bicyclic) bond motifs is 2. The molecule has 3 aromatic heterocycles. The predicted molar refractivity (Wildman–Crippen MR) is 157 cm³/mol. The first-order valence-electron chi connectivity index (χ1n) is 14.7. The first kappa shape index (κ1) is 28.0. The van der Waals surface area contributed by atoms with Crippen LogP contribution >= 0.6 is 0 Å². The van der Waals surface area contributed by atoms with E-state index < -0.39 is 24.5 Å². The molecule has 0 spiro atoms. The van der Waals surface area contributed by atoms with Crippen molar-refractivity contribution in [3.8, 4) is 0 Å². The van der Waals surface area contributed by atoms with Crippen LogP contribution in [0.2, 0.25) is 0 Å². The van der Waals surface area contributed by atoms with Crippen LogP contribution in [0.4, 0.5) is 5.82 Å². The Morgan fingerprint density at radius 3 is 2.66 bits per heavy atom. The summed E-state index contributed by atoms with van der Waals surface area (Å²) in [5, 5.41) is 21.8. The molecule has 220 valence electrons. The van der Waals surface area contributed by atoms with Crippen LogP contribution in [-0.2, 0) is 16.6 Å². The average molecular weight is 563 g/mol. The number of aryl methyl sites for hydroxylation is 1. The minimum Gasteiger partial charge on any atom is -0.387 e. The summed E-state index contributed by atoms with van der Waals surface area (Å²) < 4.78 is 7.86. The average Bonchev–Trinajstić information content (AvgIpc) is 3.58. The molecule has 41 heavy (non-hydrogen) atoms. The number of aromatic amines is 1. The third kappa shape index (κ3) is 5.31. The minimum absolute atomic E-state index is 0.110. The van der Waals surface area contributed by atoms with E-state index in [4.69, 9.17) is 15.5 Å². The van der Waals surface area contributed by atoms with E-state index in [0.29, 0.717) is 29.7 Å². The molecule has 0 bridgehead atoms. The van der Waals surface area contributed by atoms with E-state index in [1.807, 2.05) is 0 Å². The van der Waals surface area contributed by atoms with Crippen molar-refractivity contribution in [2.24, 2.45) is 5.92 Å². The number of nitrogens with one attached hydrogen (secondary N) is 1. The predicted octanol–water partition coefficient (Wildman–Crippen LogP) is 3.32. The summed E-state index contributed by atoms with van der Waals surface area (Å²) in [4.78, 5) is 23.3. The van der Waals surface area contributed by atoms with Gasteiger partial charge in [-0.2, -0.15) is 0 Å². The van der Waals surface area contributed by atoms with Crippen LogP contribution in [0, 0.1) is 5.92 Å². The number of ether oxygens (including phenoxy) is 1. The third-order valence-corrected chi connectivity index (χ3v) is 8.92. The van der Waals surface area contributed by atoms with Crippen molar-refractivity contribution in [2.75, 3.05) is 12.3 Å². The second-order valence-corrected chi connectivity index (χ2v) is 13.1. The summed E-state index contributed by atoms with van der Waals surface area (Å²) in [6.45, 7) is 11.6. The lowest BCUT2D eigenvalue weighted by Crippen LogP contribution is -2.52. The molecule has 1 saturated carbocycles. The molecule has 0 unspecified atom stereocenters. The Morgan fingerprint density at radius 2 is 1.93 bits per heavy atom. The maximum atomic E-state index is 10.9. The number of nitrogen functional groups attached to an aromatic ring is 1. The van der Waals surface area contributed by atoms with Crippen LogP contribution in [0.5, 0.6) is 0 Å². The van der Waals surface area contributed by atoms with E-state index in [0.717, 1.165) is 42.5 Å². The largest absolute Gasteiger partial charge is 0.387 e. The molecule has 5 N–H and O–H groups in total. The quantitative estimate of drug-likeness (QED) is 0.253. The fourth-order valence-corrected chi connectivity index (χ4v) is 6.35. The molecule has 1 aliphatic heterocycles. The number of hydrogen-bond acceptors (Lipinski definition) is 9. The highest BCUT2D eigenvalue weighted by Gasteiger charge is 2.46. The van der Waals surface area contributed by atoms with Gasteiger partial charge in [0.05, 0.1) is 17.4 Å². The van der Waals surface area contributed by atoms with Gasteiger partial charge in [-0.05, 0) is 62.1 Å². The van der Waals surface area contributed by atoms with E-state index in [-0.39, 0.29) is 17.3 Å². The number of rotatable bonds is 8. The summed E-state index contributed by atoms with van der Waals surface area (Å²) >= 11 is 0. The lowest BCUT2D eigenvalue weighted by Gasteiger charge is -2.46. The fraction of sp³-hybridized carbons (Fsp3) is 0.600. The molecule has 6 rings (SSSR count). The molecular formula is C30H42N8O3. The highest BCUT2D eigenvalue weighted by molar-refractivity contribution is 5.81. The Hall–Kier alpha value is -3.12. The van der Waals surface area contributed by atoms with Gasteiger partial charge in [-0.15, -0.1) is 0 Å². The van der Waals surface area contributed by atoms with E-state index >= 15 is 0 Å². The van der Waals surface area contributed by atoms with Crippen molar-refractivity contribution < 1.29 is 14.9 Å². The molecular weight excluding hydrogens is 520 g/mol. The first-order chi connectivity index (χ1) is 19.5. The summed E-state index contributed by atoms with van der Waals surface area (Å²) in [6.07, 6.45) is 3.63. The molecule has 4 heterocycles. The number of anilines is 1. The van der Waals surface area contributed by atoms with Gasteiger partial charge in [0, 0.05) is 25.0 Å². The van der Waals surface area contributed by atoms with Gasteiger partial charge in [0.15, 0.2) is 17.7 Å². The molecule has 2 aliphatic rings. The first-order valence-corrected chi connectivity index (χ1v) is 14.7. The molecule has 0 amide bonds. The van der Waals surface area contributed by atoms with Crippen LogP contribution in [0.3, 0.4) is 0 Å². The number of nitrogens with two attached hydrogens (primary N) is 1. The Kier molecular flexibility index (Phi) is 7.25. The van der Waals surface area contributed by atoms with Gasteiger partial charge >= 0.3 is 0 Å². The number of benzene rings is 1. The fourth-order valence-electron chi connectivity index (χ4n) is 6.35. The maximum Gasteiger partial charge on any atom is 0.167 e. The van der Waals surface area contributed by atoms with Gasteiger partial charge in [-0.3, -0.25) is 9.47 Å². The molecule has 11 nitrogen and oxygen atoms in total. The highest BCUT2D eigenvalue weighted by atomic mass is 16.6. The van der Waals surface area contributed by atoms with Crippen LogP contribution in [0.15, 0.2) is 30.9 Å². The lowest BCUT2D eigenvalue weighted by molar-refractivity contribution is -0.0620. The molecule has 4 aromatic rings. The van der Waals surface area contributed by atoms with Gasteiger partial charge in [0.25, 0.3) is 0 Å². The maximum absolute atomic E-state index is 10.9. The Labute approximate surface area is 240 Å². The Bertz CT molecular complexity index is 1520. The van der Waals surface area contributed by atoms with Crippen LogP contribution in [0.25, 0.3) is 22.2 Å². The summed E-state index contributed by atoms with van der Waals surface area (Å²) in [6, 6.07) is 7.22. The van der Waals surface area contributed by atoms with Gasteiger partial charge in [-0.25, -0.2) is 19.9 Å². The topological polar surface area (TPSA) is 151 Å². The third-order valence-electron chi connectivity index (χ3n) is 8.92. The zero-order valence-electron chi connectivity index (χ0n) is 24.5. The standard InChI is InChI=1S/C30H42N8O3/c1-16(2)37(13-22-25(39)26(40)29(41-22)38-15-34-24-27(31)32-14-33-28(24)38)19-10-17(11-19)6-9-23-35-20-8-7-18(30(3,4)5)12-21(20)36-23/h7-8,12,14-17,19,22,25-26,29,39-40H,6,9-11,13H2,1-5H3,(H,35,36)(H2,31,32,33)/t17?,19?,22-,25-,26+,29-/m1/s1. The monoisotopic (exact) mass is 562 g/mol. The van der Waals surface area contributed by atoms with E-state index in [9.17, 15) is 10.2 Å². The second-order valence-electron chi connectivity index (χ2n) is 13.1.